The van der Waals surface area contributed by atoms with Gasteiger partial charge in [0.1, 0.15) is 0 Å². The van der Waals surface area contributed by atoms with Crippen molar-refractivity contribution in [1.82, 2.24) is 10.2 Å². The van der Waals surface area contributed by atoms with Crippen LogP contribution in [0.2, 0.25) is 0 Å². The predicted molar refractivity (Wildman–Crippen MR) is 76.3 cm³/mol. The first-order valence-corrected chi connectivity index (χ1v) is 7.22. The van der Waals surface area contributed by atoms with Gasteiger partial charge in [-0.05, 0) is 38.4 Å². The van der Waals surface area contributed by atoms with E-state index in [0.717, 1.165) is 39.1 Å². The Morgan fingerprint density at radius 2 is 2.16 bits per heavy atom. The topological polar surface area (TPSA) is 37.6 Å². The highest BCUT2D eigenvalue weighted by molar-refractivity contribution is 5.11. The molecule has 1 N–H and O–H groups in total. The fourth-order valence-corrected chi connectivity index (χ4v) is 3.04. The SMILES string of the molecule is CCC(C)(C(Cc1ccoc1)NC)N1CCOCC1. The molecule has 0 aliphatic carbocycles. The standard InChI is InChI=1S/C15H26N2O2/c1-4-15(2,17-6-9-18-10-7-17)14(16-3)11-13-5-8-19-12-13/h5,8,12,14,16H,4,6-7,9-11H2,1-3H3. The van der Waals surface area contributed by atoms with Gasteiger partial charge in [0.15, 0.2) is 0 Å². The Bertz CT molecular complexity index is 360. The number of hydrogen-bond acceptors (Lipinski definition) is 4. The average Bonchev–Trinajstić information content (AvgIpc) is 2.98. The van der Waals surface area contributed by atoms with Crippen molar-refractivity contribution in [3.05, 3.63) is 24.2 Å². The highest BCUT2D eigenvalue weighted by Crippen LogP contribution is 2.27. The lowest BCUT2D eigenvalue weighted by molar-refractivity contribution is -0.0313. The van der Waals surface area contributed by atoms with E-state index < -0.39 is 0 Å². The number of hydrogen-bond donors (Lipinski definition) is 1. The first-order chi connectivity index (χ1) is 9.20. The van der Waals surface area contributed by atoms with Crippen LogP contribution >= 0.6 is 0 Å². The lowest BCUT2D eigenvalue weighted by Gasteiger charge is -2.47. The van der Waals surface area contributed by atoms with Crippen LogP contribution in [-0.2, 0) is 11.2 Å². The molecule has 1 aromatic heterocycles. The van der Waals surface area contributed by atoms with Crippen LogP contribution in [0.15, 0.2) is 23.0 Å². The molecule has 1 fully saturated rings. The molecule has 19 heavy (non-hydrogen) atoms. The second-order valence-electron chi connectivity index (χ2n) is 5.49. The lowest BCUT2D eigenvalue weighted by atomic mass is 9.83. The first-order valence-electron chi connectivity index (χ1n) is 7.22. The molecule has 108 valence electrons. The molecule has 0 bridgehead atoms. The van der Waals surface area contributed by atoms with E-state index in [1.165, 1.54) is 5.56 Å². The third-order valence-electron chi connectivity index (χ3n) is 4.57. The van der Waals surface area contributed by atoms with Crippen LogP contribution in [0.25, 0.3) is 0 Å². The van der Waals surface area contributed by atoms with E-state index >= 15 is 0 Å². The highest BCUT2D eigenvalue weighted by Gasteiger charge is 2.38. The number of ether oxygens (including phenoxy) is 1. The van der Waals surface area contributed by atoms with Gasteiger partial charge in [-0.2, -0.15) is 0 Å². The molecule has 0 radical (unpaired) electrons. The van der Waals surface area contributed by atoms with Crippen LogP contribution in [0.4, 0.5) is 0 Å². The van der Waals surface area contributed by atoms with Gasteiger partial charge >= 0.3 is 0 Å². The third kappa shape index (κ3) is 3.19. The molecule has 1 aliphatic heterocycles. The summed E-state index contributed by atoms with van der Waals surface area (Å²) in [6, 6.07) is 2.47. The molecule has 2 heterocycles. The molecule has 0 saturated carbocycles. The molecule has 1 aliphatic rings. The molecule has 1 aromatic rings. The summed E-state index contributed by atoms with van der Waals surface area (Å²) in [6.07, 6.45) is 5.71. The van der Waals surface area contributed by atoms with E-state index in [4.69, 9.17) is 9.15 Å². The highest BCUT2D eigenvalue weighted by atomic mass is 16.5. The van der Waals surface area contributed by atoms with Crippen LogP contribution in [0.5, 0.6) is 0 Å². The van der Waals surface area contributed by atoms with E-state index in [1.54, 1.807) is 6.26 Å². The fraction of sp³-hybridized carbons (Fsp3) is 0.733. The predicted octanol–water partition coefficient (Wildman–Crippen LogP) is 1.91. The van der Waals surface area contributed by atoms with Crippen molar-refractivity contribution in [3.63, 3.8) is 0 Å². The number of morpholine rings is 1. The van der Waals surface area contributed by atoms with Gasteiger partial charge in [-0.1, -0.05) is 6.92 Å². The molecule has 4 heteroatoms. The fourth-order valence-electron chi connectivity index (χ4n) is 3.04. The molecule has 0 aromatic carbocycles. The van der Waals surface area contributed by atoms with Crippen molar-refractivity contribution in [1.29, 1.82) is 0 Å². The summed E-state index contributed by atoms with van der Waals surface area (Å²) < 4.78 is 10.7. The molecule has 2 unspecified atom stereocenters. The molecule has 2 rings (SSSR count). The van der Waals surface area contributed by atoms with E-state index in [-0.39, 0.29) is 5.54 Å². The maximum Gasteiger partial charge on any atom is 0.0935 e. The summed E-state index contributed by atoms with van der Waals surface area (Å²) in [5, 5.41) is 3.51. The minimum Gasteiger partial charge on any atom is -0.472 e. The normalized spacial score (nSPS) is 22.1. The number of nitrogens with one attached hydrogen (secondary N) is 1. The van der Waals surface area contributed by atoms with E-state index in [1.807, 2.05) is 6.26 Å². The number of rotatable bonds is 6. The Balaban J connectivity index is 2.11. The van der Waals surface area contributed by atoms with Gasteiger partial charge in [0, 0.05) is 24.7 Å². The summed E-state index contributed by atoms with van der Waals surface area (Å²) in [6.45, 7) is 8.37. The summed E-state index contributed by atoms with van der Waals surface area (Å²) in [7, 11) is 2.05. The Morgan fingerprint density at radius 1 is 1.42 bits per heavy atom. The molecule has 0 amide bonds. The summed E-state index contributed by atoms with van der Waals surface area (Å²) >= 11 is 0. The summed E-state index contributed by atoms with van der Waals surface area (Å²) in [5.74, 6) is 0. The zero-order valence-corrected chi connectivity index (χ0v) is 12.3. The monoisotopic (exact) mass is 266 g/mol. The Hall–Kier alpha value is -0.840. The number of furan rings is 1. The second kappa shape index (κ2) is 6.55. The smallest absolute Gasteiger partial charge is 0.0935 e. The lowest BCUT2D eigenvalue weighted by Crippen LogP contribution is -2.61. The summed E-state index contributed by atoms with van der Waals surface area (Å²) in [4.78, 5) is 2.57. The van der Waals surface area contributed by atoms with Crippen molar-refractivity contribution in [2.75, 3.05) is 33.4 Å². The zero-order valence-electron chi connectivity index (χ0n) is 12.3. The largest absolute Gasteiger partial charge is 0.472 e. The Labute approximate surface area is 116 Å². The molecule has 0 spiro atoms. The van der Waals surface area contributed by atoms with Gasteiger partial charge < -0.3 is 14.5 Å². The second-order valence-corrected chi connectivity index (χ2v) is 5.49. The minimum atomic E-state index is 0.149. The van der Waals surface area contributed by atoms with Crippen LogP contribution in [0, 0.1) is 0 Å². The molecular weight excluding hydrogens is 240 g/mol. The van der Waals surface area contributed by atoms with Crippen LogP contribution in [0.1, 0.15) is 25.8 Å². The summed E-state index contributed by atoms with van der Waals surface area (Å²) in [5.41, 5.74) is 1.41. The number of nitrogens with zero attached hydrogens (tertiary/aromatic N) is 1. The van der Waals surface area contributed by atoms with Gasteiger partial charge in [-0.15, -0.1) is 0 Å². The first kappa shape index (κ1) is 14.6. The van der Waals surface area contributed by atoms with Gasteiger partial charge in [0.05, 0.1) is 25.7 Å². The van der Waals surface area contributed by atoms with E-state index in [2.05, 4.69) is 37.2 Å². The van der Waals surface area contributed by atoms with Gasteiger partial charge in [-0.3, -0.25) is 4.90 Å². The van der Waals surface area contributed by atoms with E-state index in [9.17, 15) is 0 Å². The number of likely N-dealkylation sites (N-methyl/N-ethyl adjacent to an activating group) is 1. The molecular formula is C15H26N2O2. The maximum atomic E-state index is 5.48. The van der Waals surface area contributed by atoms with Gasteiger partial charge in [-0.25, -0.2) is 0 Å². The van der Waals surface area contributed by atoms with Crippen molar-refractivity contribution in [3.8, 4) is 0 Å². The van der Waals surface area contributed by atoms with Crippen molar-refractivity contribution in [2.45, 2.75) is 38.3 Å². The molecule has 1 saturated heterocycles. The van der Waals surface area contributed by atoms with Crippen molar-refractivity contribution < 1.29 is 9.15 Å². The Kier molecular flexibility index (Phi) is 5.02. The van der Waals surface area contributed by atoms with Gasteiger partial charge in [0.2, 0.25) is 0 Å². The van der Waals surface area contributed by atoms with E-state index in [0.29, 0.717) is 6.04 Å². The van der Waals surface area contributed by atoms with Crippen LogP contribution < -0.4 is 5.32 Å². The molecule has 2 atom stereocenters. The van der Waals surface area contributed by atoms with Crippen LogP contribution in [0.3, 0.4) is 0 Å². The average molecular weight is 266 g/mol. The zero-order chi connectivity index (χ0) is 13.7. The maximum absolute atomic E-state index is 5.48. The van der Waals surface area contributed by atoms with Crippen molar-refractivity contribution in [2.24, 2.45) is 0 Å². The third-order valence-corrected chi connectivity index (χ3v) is 4.57. The van der Waals surface area contributed by atoms with Crippen LogP contribution in [-0.4, -0.2) is 49.8 Å². The minimum absolute atomic E-state index is 0.149. The quantitative estimate of drug-likeness (QED) is 0.853. The Morgan fingerprint density at radius 3 is 2.68 bits per heavy atom. The van der Waals surface area contributed by atoms with Gasteiger partial charge in [0.25, 0.3) is 0 Å². The van der Waals surface area contributed by atoms with Crippen molar-refractivity contribution >= 4 is 0 Å². The molecule has 4 nitrogen and oxygen atoms in total.